The zero-order chi connectivity index (χ0) is 24.1. The maximum atomic E-state index is 13.1. The Kier molecular flexibility index (Phi) is 5.18. The van der Waals surface area contributed by atoms with Crippen LogP contribution in [0.3, 0.4) is 0 Å². The molecule has 4 aromatic rings. The highest BCUT2D eigenvalue weighted by Crippen LogP contribution is 2.34. The van der Waals surface area contributed by atoms with Gasteiger partial charge in [0, 0.05) is 38.9 Å². The molecular weight excluding hydrogens is 454 g/mol. The van der Waals surface area contributed by atoms with Crippen LogP contribution in [0.25, 0.3) is 10.9 Å². The first-order valence-corrected chi connectivity index (χ1v) is 11.0. The molecule has 0 unspecified atom stereocenters. The van der Waals surface area contributed by atoms with E-state index < -0.39 is 17.9 Å². The molecule has 1 aromatic heterocycles. The minimum Gasteiger partial charge on any atom is -0.451 e. The molecule has 0 bridgehead atoms. The number of hydrogen-bond donors (Lipinski definition) is 1. The number of halogens is 1. The van der Waals surface area contributed by atoms with Crippen molar-refractivity contribution in [3.8, 4) is 0 Å². The number of ketones is 3. The second-order valence-corrected chi connectivity index (χ2v) is 8.51. The third-order valence-electron chi connectivity index (χ3n) is 6.04. The van der Waals surface area contributed by atoms with E-state index in [2.05, 4.69) is 4.98 Å². The first-order valence-electron chi connectivity index (χ1n) is 10.6. The van der Waals surface area contributed by atoms with Gasteiger partial charge in [-0.2, -0.15) is 0 Å². The molecule has 5 rings (SSSR count). The van der Waals surface area contributed by atoms with E-state index in [0.717, 1.165) is 10.9 Å². The van der Waals surface area contributed by atoms with Gasteiger partial charge in [0.25, 0.3) is 0 Å². The van der Waals surface area contributed by atoms with Gasteiger partial charge in [-0.05, 0) is 32.0 Å². The normalized spacial score (nSPS) is 13.4. The predicted molar refractivity (Wildman–Crippen MR) is 127 cm³/mol. The van der Waals surface area contributed by atoms with Crippen molar-refractivity contribution in [2.75, 3.05) is 0 Å². The van der Waals surface area contributed by atoms with E-state index in [1.807, 2.05) is 24.3 Å². The van der Waals surface area contributed by atoms with Crippen molar-refractivity contribution in [2.24, 2.45) is 0 Å². The molecule has 0 amide bonds. The van der Waals surface area contributed by atoms with Gasteiger partial charge in [-0.15, -0.1) is 0 Å². The van der Waals surface area contributed by atoms with Gasteiger partial charge in [0.1, 0.15) is 0 Å². The highest BCUT2D eigenvalue weighted by Gasteiger charge is 2.34. The van der Waals surface area contributed by atoms with Crippen molar-refractivity contribution >= 4 is 45.8 Å². The molecule has 1 heterocycles. The van der Waals surface area contributed by atoms with E-state index >= 15 is 0 Å². The van der Waals surface area contributed by atoms with Crippen molar-refractivity contribution in [3.63, 3.8) is 0 Å². The van der Waals surface area contributed by atoms with Gasteiger partial charge < -0.3 is 9.72 Å². The minimum absolute atomic E-state index is 0.0359. The van der Waals surface area contributed by atoms with Crippen LogP contribution >= 0.6 is 11.6 Å². The summed E-state index contributed by atoms with van der Waals surface area (Å²) in [6, 6.07) is 16.6. The lowest BCUT2D eigenvalue weighted by molar-refractivity contribution is 0.0319. The third kappa shape index (κ3) is 3.26. The van der Waals surface area contributed by atoms with Crippen LogP contribution in [0.1, 0.15) is 65.2 Å². The van der Waals surface area contributed by atoms with Gasteiger partial charge in [-0.1, -0.05) is 54.1 Å². The molecule has 168 valence electrons. The maximum absolute atomic E-state index is 13.1. The molecule has 1 aliphatic carbocycles. The fourth-order valence-corrected chi connectivity index (χ4v) is 4.71. The van der Waals surface area contributed by atoms with Crippen LogP contribution in [0.4, 0.5) is 0 Å². The molecule has 0 saturated carbocycles. The van der Waals surface area contributed by atoms with Crippen LogP contribution < -0.4 is 0 Å². The van der Waals surface area contributed by atoms with Crippen molar-refractivity contribution in [2.45, 2.75) is 20.0 Å². The number of para-hydroxylation sites is 1. The van der Waals surface area contributed by atoms with Crippen LogP contribution in [0.2, 0.25) is 5.02 Å². The topological polar surface area (TPSA) is 93.3 Å². The van der Waals surface area contributed by atoms with Gasteiger partial charge in [-0.3, -0.25) is 14.4 Å². The number of carbonyl (C=O) groups excluding carboxylic acids is 4. The summed E-state index contributed by atoms with van der Waals surface area (Å²) in [5, 5.41) is 0.570. The summed E-state index contributed by atoms with van der Waals surface area (Å²) in [6.45, 7) is 3.27. The first kappa shape index (κ1) is 21.8. The number of H-pyrrole nitrogens is 1. The number of carbonyl (C=O) groups is 4. The maximum Gasteiger partial charge on any atom is 0.340 e. The highest BCUT2D eigenvalue weighted by molar-refractivity contribution is 6.41. The number of nitrogens with one attached hydrogen (secondary N) is 1. The Morgan fingerprint density at radius 2 is 1.53 bits per heavy atom. The molecule has 6 nitrogen and oxygen atoms in total. The molecular formula is C27H18ClNO5. The second-order valence-electron chi connectivity index (χ2n) is 8.14. The molecule has 1 aliphatic rings. The minimum atomic E-state index is -1.10. The lowest BCUT2D eigenvalue weighted by Crippen LogP contribution is -2.26. The van der Waals surface area contributed by atoms with Gasteiger partial charge in [-0.25, -0.2) is 4.79 Å². The Balaban J connectivity index is 1.46. The number of esters is 1. The number of aromatic amines is 1. The number of aromatic nitrogens is 1. The van der Waals surface area contributed by atoms with Gasteiger partial charge in [0.15, 0.2) is 17.7 Å². The zero-order valence-electron chi connectivity index (χ0n) is 18.3. The van der Waals surface area contributed by atoms with Crippen LogP contribution in [-0.2, 0) is 4.74 Å². The van der Waals surface area contributed by atoms with Crippen molar-refractivity contribution in [1.29, 1.82) is 0 Å². The van der Waals surface area contributed by atoms with E-state index in [0.29, 0.717) is 16.8 Å². The van der Waals surface area contributed by atoms with Crippen molar-refractivity contribution < 1.29 is 23.9 Å². The summed E-state index contributed by atoms with van der Waals surface area (Å²) in [4.78, 5) is 55.1. The Morgan fingerprint density at radius 1 is 0.882 bits per heavy atom. The molecule has 1 N–H and O–H groups in total. The van der Waals surface area contributed by atoms with E-state index in [1.165, 1.54) is 19.1 Å². The van der Waals surface area contributed by atoms with Crippen molar-refractivity contribution in [1.82, 2.24) is 4.98 Å². The average Bonchev–Trinajstić information content (AvgIpc) is 3.17. The zero-order valence-corrected chi connectivity index (χ0v) is 19.0. The van der Waals surface area contributed by atoms with Gasteiger partial charge in [0.2, 0.25) is 5.78 Å². The van der Waals surface area contributed by atoms with Crippen LogP contribution in [0, 0.1) is 6.92 Å². The standard InChI is InChI=1S/C27H18ClNO5/c1-13-21(17-9-5-6-10-20(17)29-13)24(30)14(2)34-27(33)19-12-11-18-22(23(19)28)26(32)16-8-4-3-7-15(16)25(18)31/h3-12,14,29H,1-2H3/t14-/m0/s1. The first-order chi connectivity index (χ1) is 16.3. The summed E-state index contributed by atoms with van der Waals surface area (Å²) in [5.41, 5.74) is 2.45. The van der Waals surface area contributed by atoms with Gasteiger partial charge >= 0.3 is 5.97 Å². The third-order valence-corrected chi connectivity index (χ3v) is 6.44. The highest BCUT2D eigenvalue weighted by atomic mass is 35.5. The number of rotatable bonds is 4. The van der Waals surface area contributed by atoms with E-state index in [9.17, 15) is 19.2 Å². The number of benzene rings is 3. The fraction of sp³-hybridized carbons (Fsp3) is 0.111. The molecule has 0 spiro atoms. The van der Waals surface area contributed by atoms with Crippen molar-refractivity contribution in [3.05, 3.63) is 105 Å². The van der Waals surface area contributed by atoms with E-state index in [4.69, 9.17) is 16.3 Å². The number of fused-ring (bicyclic) bond motifs is 3. The number of hydrogen-bond acceptors (Lipinski definition) is 5. The van der Waals surface area contributed by atoms with Gasteiger partial charge in [0.05, 0.1) is 16.1 Å². The number of ether oxygens (including phenoxy) is 1. The lowest BCUT2D eigenvalue weighted by Gasteiger charge is -2.20. The second kappa shape index (κ2) is 8.08. The number of aryl methyl sites for hydroxylation is 1. The number of Topliss-reactive ketones (excluding diaryl/α,β-unsaturated/α-hetero) is 1. The molecule has 0 radical (unpaired) electrons. The molecule has 7 heteroatoms. The smallest absolute Gasteiger partial charge is 0.340 e. The van der Waals surface area contributed by atoms with Crippen LogP contribution in [0.5, 0.6) is 0 Å². The quantitative estimate of drug-likeness (QED) is 0.282. The monoisotopic (exact) mass is 471 g/mol. The largest absolute Gasteiger partial charge is 0.451 e. The predicted octanol–water partition coefficient (Wildman–Crippen LogP) is 5.33. The molecule has 0 fully saturated rings. The SMILES string of the molecule is Cc1[nH]c2ccccc2c1C(=O)[C@H](C)OC(=O)c1ccc2c(c1Cl)C(=O)c1ccccc1C2=O. The Labute approximate surface area is 199 Å². The Bertz CT molecular complexity index is 1550. The van der Waals surface area contributed by atoms with Crippen LogP contribution in [-0.4, -0.2) is 34.4 Å². The summed E-state index contributed by atoms with van der Waals surface area (Å²) < 4.78 is 5.45. The molecule has 0 aliphatic heterocycles. The lowest BCUT2D eigenvalue weighted by atomic mass is 9.83. The molecule has 3 aromatic carbocycles. The van der Waals surface area contributed by atoms with Crippen LogP contribution in [0.15, 0.2) is 60.7 Å². The summed E-state index contributed by atoms with van der Waals surface area (Å²) in [5.74, 6) is -2.00. The molecule has 34 heavy (non-hydrogen) atoms. The van der Waals surface area contributed by atoms with E-state index in [-0.39, 0.29) is 38.8 Å². The summed E-state index contributed by atoms with van der Waals surface area (Å²) >= 11 is 6.45. The summed E-state index contributed by atoms with van der Waals surface area (Å²) in [6.07, 6.45) is -1.10. The fourth-order valence-electron chi connectivity index (χ4n) is 4.38. The molecule has 1 atom stereocenters. The molecule has 0 saturated heterocycles. The summed E-state index contributed by atoms with van der Waals surface area (Å²) in [7, 11) is 0. The Hall–Kier alpha value is -4.03. The average molecular weight is 472 g/mol. The van der Waals surface area contributed by atoms with E-state index in [1.54, 1.807) is 31.2 Å². The Morgan fingerprint density at radius 3 is 2.26 bits per heavy atom.